The van der Waals surface area contributed by atoms with E-state index in [-0.39, 0.29) is 24.4 Å². The Morgan fingerprint density at radius 1 is 1.53 bits per heavy atom. The molecule has 3 N–H and O–H groups in total. The van der Waals surface area contributed by atoms with Crippen molar-refractivity contribution in [2.75, 3.05) is 6.54 Å². The van der Waals surface area contributed by atoms with Gasteiger partial charge in [0, 0.05) is 6.04 Å². The summed E-state index contributed by atoms with van der Waals surface area (Å²) in [4.78, 5) is 12.4. The van der Waals surface area contributed by atoms with Crippen LogP contribution in [0, 0.1) is 5.92 Å². The topological polar surface area (TPSA) is 80.9 Å². The van der Waals surface area contributed by atoms with Crippen molar-refractivity contribution in [1.82, 2.24) is 14.9 Å². The number of rotatable bonds is 3. The Kier molecular flexibility index (Phi) is 5.80. The van der Waals surface area contributed by atoms with E-state index >= 15 is 0 Å². The SMILES string of the molecule is Cl.NCC1CCCCC1NC(=O)c1cnns1. The predicted molar refractivity (Wildman–Crippen MR) is 69.4 cm³/mol. The smallest absolute Gasteiger partial charge is 0.264 e. The van der Waals surface area contributed by atoms with Gasteiger partial charge >= 0.3 is 0 Å². The van der Waals surface area contributed by atoms with Gasteiger partial charge in [-0.3, -0.25) is 4.79 Å². The molecule has 0 radical (unpaired) electrons. The van der Waals surface area contributed by atoms with Crippen LogP contribution in [-0.2, 0) is 0 Å². The van der Waals surface area contributed by atoms with Crippen molar-refractivity contribution in [3.05, 3.63) is 11.1 Å². The monoisotopic (exact) mass is 276 g/mol. The van der Waals surface area contributed by atoms with Crippen molar-refractivity contribution in [2.24, 2.45) is 11.7 Å². The van der Waals surface area contributed by atoms with E-state index in [4.69, 9.17) is 5.73 Å². The number of amides is 1. The summed E-state index contributed by atoms with van der Waals surface area (Å²) in [6.07, 6.45) is 6.03. The zero-order valence-corrected chi connectivity index (χ0v) is 11.1. The summed E-state index contributed by atoms with van der Waals surface area (Å²) in [5.74, 6) is 0.346. The summed E-state index contributed by atoms with van der Waals surface area (Å²) in [7, 11) is 0. The van der Waals surface area contributed by atoms with Crippen molar-refractivity contribution >= 4 is 29.8 Å². The van der Waals surface area contributed by atoms with Gasteiger partial charge in [-0.25, -0.2) is 0 Å². The Labute approximate surface area is 111 Å². The van der Waals surface area contributed by atoms with Gasteiger partial charge in [-0.05, 0) is 36.8 Å². The molecule has 0 saturated heterocycles. The molecule has 5 nitrogen and oxygen atoms in total. The Balaban J connectivity index is 0.00000144. The number of carbonyl (C=O) groups excluding carboxylic acids is 1. The molecule has 1 aromatic heterocycles. The fourth-order valence-corrected chi connectivity index (χ4v) is 2.60. The van der Waals surface area contributed by atoms with Crippen molar-refractivity contribution in [1.29, 1.82) is 0 Å². The van der Waals surface area contributed by atoms with Crippen LogP contribution in [0.5, 0.6) is 0 Å². The third-order valence-corrected chi connectivity index (χ3v) is 3.78. The highest BCUT2D eigenvalue weighted by atomic mass is 35.5. The van der Waals surface area contributed by atoms with Gasteiger partial charge in [-0.2, -0.15) is 0 Å². The van der Waals surface area contributed by atoms with Crippen molar-refractivity contribution in [3.63, 3.8) is 0 Å². The molecular weight excluding hydrogens is 260 g/mol. The minimum atomic E-state index is -0.0691. The van der Waals surface area contributed by atoms with Crippen LogP contribution in [0.15, 0.2) is 6.20 Å². The maximum atomic E-state index is 11.8. The van der Waals surface area contributed by atoms with Gasteiger partial charge in [-0.1, -0.05) is 17.3 Å². The van der Waals surface area contributed by atoms with Gasteiger partial charge in [-0.15, -0.1) is 17.5 Å². The number of nitrogens with zero attached hydrogens (tertiary/aromatic N) is 2. The highest BCUT2D eigenvalue weighted by molar-refractivity contribution is 7.07. The quantitative estimate of drug-likeness (QED) is 0.869. The van der Waals surface area contributed by atoms with E-state index in [1.165, 1.54) is 19.0 Å². The fourth-order valence-electron chi connectivity index (χ4n) is 2.19. The molecule has 1 aliphatic carbocycles. The molecule has 96 valence electrons. The number of aromatic nitrogens is 2. The first kappa shape index (κ1) is 14.3. The van der Waals surface area contributed by atoms with Crippen molar-refractivity contribution < 1.29 is 4.79 Å². The van der Waals surface area contributed by atoms with E-state index in [0.29, 0.717) is 17.3 Å². The van der Waals surface area contributed by atoms with Crippen LogP contribution in [0.25, 0.3) is 0 Å². The molecule has 1 saturated carbocycles. The average Bonchev–Trinajstić information content (AvgIpc) is 2.83. The van der Waals surface area contributed by atoms with Crippen LogP contribution >= 0.6 is 23.9 Å². The van der Waals surface area contributed by atoms with Gasteiger partial charge in [0.2, 0.25) is 0 Å². The largest absolute Gasteiger partial charge is 0.348 e. The van der Waals surface area contributed by atoms with Gasteiger partial charge in [0.25, 0.3) is 5.91 Å². The molecular formula is C10H17ClN4OS. The number of nitrogens with one attached hydrogen (secondary N) is 1. The molecule has 1 heterocycles. The van der Waals surface area contributed by atoms with Crippen molar-refractivity contribution in [3.8, 4) is 0 Å². The Hall–Kier alpha value is -0.720. The highest BCUT2D eigenvalue weighted by Crippen LogP contribution is 2.23. The molecule has 0 aliphatic heterocycles. The van der Waals surface area contributed by atoms with Gasteiger partial charge in [0.1, 0.15) is 4.88 Å². The third-order valence-electron chi connectivity index (χ3n) is 3.11. The second-order valence-electron chi connectivity index (χ2n) is 4.14. The minimum absolute atomic E-state index is 0. The summed E-state index contributed by atoms with van der Waals surface area (Å²) in [6, 6.07) is 0.216. The molecule has 2 atom stereocenters. The first-order valence-electron chi connectivity index (χ1n) is 5.59. The number of halogens is 1. The molecule has 1 amide bonds. The first-order chi connectivity index (χ1) is 7.81. The Morgan fingerprint density at radius 3 is 2.94 bits per heavy atom. The molecule has 1 aromatic rings. The van der Waals surface area contributed by atoms with Crippen LogP contribution in [0.2, 0.25) is 0 Å². The molecule has 0 spiro atoms. The molecule has 7 heteroatoms. The lowest BCUT2D eigenvalue weighted by molar-refractivity contribution is 0.0912. The molecule has 17 heavy (non-hydrogen) atoms. The lowest BCUT2D eigenvalue weighted by Gasteiger charge is -2.31. The lowest BCUT2D eigenvalue weighted by Crippen LogP contribution is -2.44. The zero-order chi connectivity index (χ0) is 11.4. The lowest BCUT2D eigenvalue weighted by atomic mass is 9.84. The van der Waals surface area contributed by atoms with Crippen molar-refractivity contribution in [2.45, 2.75) is 31.7 Å². The number of hydrogen-bond donors (Lipinski definition) is 2. The summed E-state index contributed by atoms with van der Waals surface area (Å²) in [5, 5.41) is 6.69. The average molecular weight is 277 g/mol. The predicted octanol–water partition coefficient (Wildman–Crippen LogP) is 1.21. The molecule has 1 fully saturated rings. The van der Waals surface area contributed by atoms with E-state index < -0.39 is 0 Å². The zero-order valence-electron chi connectivity index (χ0n) is 9.46. The highest BCUT2D eigenvalue weighted by Gasteiger charge is 2.26. The van der Waals surface area contributed by atoms with Crippen LogP contribution in [-0.4, -0.2) is 28.1 Å². The van der Waals surface area contributed by atoms with Crippen LogP contribution < -0.4 is 11.1 Å². The van der Waals surface area contributed by atoms with Crippen LogP contribution in [0.1, 0.15) is 35.4 Å². The number of hydrogen-bond acceptors (Lipinski definition) is 5. The van der Waals surface area contributed by atoms with E-state index in [1.807, 2.05) is 0 Å². The Bertz CT molecular complexity index is 346. The standard InChI is InChI=1S/C10H16N4OS.ClH/c11-5-7-3-1-2-4-8(7)13-10(15)9-6-12-14-16-9;/h6-8H,1-5,11H2,(H,13,15);1H. The number of carbonyl (C=O) groups is 1. The molecule has 0 bridgehead atoms. The van der Waals surface area contributed by atoms with E-state index in [1.54, 1.807) is 0 Å². The summed E-state index contributed by atoms with van der Waals surface area (Å²) < 4.78 is 3.68. The minimum Gasteiger partial charge on any atom is -0.348 e. The third kappa shape index (κ3) is 3.62. The molecule has 2 rings (SSSR count). The second-order valence-corrected chi connectivity index (χ2v) is 4.93. The molecule has 2 unspecified atom stereocenters. The Morgan fingerprint density at radius 2 is 2.29 bits per heavy atom. The first-order valence-corrected chi connectivity index (χ1v) is 6.37. The summed E-state index contributed by atoms with van der Waals surface area (Å²) >= 11 is 1.12. The molecule has 0 aromatic carbocycles. The normalized spacial score (nSPS) is 23.8. The molecule has 1 aliphatic rings. The summed E-state index contributed by atoms with van der Waals surface area (Å²) in [6.45, 7) is 0.645. The van der Waals surface area contributed by atoms with Gasteiger partial charge < -0.3 is 11.1 Å². The van der Waals surface area contributed by atoms with Gasteiger partial charge in [0.15, 0.2) is 0 Å². The summed E-state index contributed by atoms with van der Waals surface area (Å²) in [5.41, 5.74) is 5.71. The van der Waals surface area contributed by atoms with Crippen LogP contribution in [0.3, 0.4) is 0 Å². The number of nitrogens with two attached hydrogens (primary N) is 1. The van der Waals surface area contributed by atoms with Crippen LogP contribution in [0.4, 0.5) is 0 Å². The maximum Gasteiger partial charge on any atom is 0.264 e. The maximum absolute atomic E-state index is 11.8. The van der Waals surface area contributed by atoms with E-state index in [2.05, 4.69) is 14.9 Å². The second kappa shape index (κ2) is 6.88. The van der Waals surface area contributed by atoms with Gasteiger partial charge in [0.05, 0.1) is 6.20 Å². The fraction of sp³-hybridized carbons (Fsp3) is 0.700. The van der Waals surface area contributed by atoms with E-state index in [0.717, 1.165) is 24.4 Å². The van der Waals surface area contributed by atoms with E-state index in [9.17, 15) is 4.79 Å².